The molecule has 5 aromatic rings. The third-order valence-electron chi connectivity index (χ3n) is 7.48. The van der Waals surface area contributed by atoms with Gasteiger partial charge in [-0.3, -0.25) is 14.2 Å². The van der Waals surface area contributed by atoms with Crippen LogP contribution in [0.4, 0.5) is 5.82 Å². The molecule has 210 valence electrons. The number of benzene rings is 3. The molecule has 1 aliphatic rings. The summed E-state index contributed by atoms with van der Waals surface area (Å²) in [6.45, 7) is 1.88. The van der Waals surface area contributed by atoms with E-state index in [1.54, 1.807) is 36.0 Å². The van der Waals surface area contributed by atoms with Crippen molar-refractivity contribution in [2.75, 3.05) is 12.4 Å². The third kappa shape index (κ3) is 4.95. The summed E-state index contributed by atoms with van der Waals surface area (Å²) in [7, 11) is 1.63. The van der Waals surface area contributed by atoms with Gasteiger partial charge < -0.3 is 10.1 Å². The van der Waals surface area contributed by atoms with Crippen molar-refractivity contribution in [3.8, 4) is 11.4 Å². The van der Waals surface area contributed by atoms with E-state index in [2.05, 4.69) is 15.3 Å². The number of ether oxygens (including phenoxy) is 1. The second-order valence-corrected chi connectivity index (χ2v) is 10.9. The van der Waals surface area contributed by atoms with Gasteiger partial charge in [-0.05, 0) is 55.3 Å². The van der Waals surface area contributed by atoms with Crippen LogP contribution in [0, 0.1) is 0 Å². The van der Waals surface area contributed by atoms with Crippen LogP contribution in [0.3, 0.4) is 0 Å². The molecule has 0 bridgehead atoms. The minimum absolute atomic E-state index is 0.126. The Morgan fingerprint density at radius 3 is 2.48 bits per heavy atom. The lowest BCUT2D eigenvalue weighted by atomic mass is 9.87. The fraction of sp³-hybridized carbons (Fsp3) is 0.152. The molecule has 2 aromatic heterocycles. The minimum atomic E-state index is -0.536. The van der Waals surface area contributed by atoms with Gasteiger partial charge in [0, 0.05) is 17.0 Å². The van der Waals surface area contributed by atoms with Gasteiger partial charge in [0.05, 0.1) is 45.5 Å². The maximum absolute atomic E-state index is 13.9. The Kier molecular flexibility index (Phi) is 7.54. The molecule has 0 aliphatic heterocycles. The summed E-state index contributed by atoms with van der Waals surface area (Å²) in [5, 5.41) is 4.96. The first-order valence-corrected chi connectivity index (χ1v) is 14.2. The maximum Gasteiger partial charge on any atom is 0.264 e. The van der Waals surface area contributed by atoms with Gasteiger partial charge in [0.25, 0.3) is 5.56 Å². The van der Waals surface area contributed by atoms with Crippen molar-refractivity contribution in [3.63, 3.8) is 0 Å². The molecule has 2 unspecified atom stereocenters. The zero-order valence-electron chi connectivity index (χ0n) is 22.8. The summed E-state index contributed by atoms with van der Waals surface area (Å²) in [6.07, 6.45) is 5.55. The predicted molar refractivity (Wildman–Crippen MR) is 167 cm³/mol. The lowest BCUT2D eigenvalue weighted by Crippen LogP contribution is -2.27. The summed E-state index contributed by atoms with van der Waals surface area (Å²) in [5.74, 6) is 0.831. The number of fused-ring (bicyclic) bond motifs is 2. The molecule has 3 aromatic carbocycles. The molecule has 0 saturated heterocycles. The molecule has 6 rings (SSSR count). The van der Waals surface area contributed by atoms with Crippen LogP contribution < -0.4 is 15.6 Å². The van der Waals surface area contributed by atoms with Crippen LogP contribution in [0.15, 0.2) is 96.1 Å². The standard InChI is InChI=1S/C33H26Cl2N4O3/c1-19(31-29(35)24-9-6-10-25(34)27(24)33(41)39(31)22-7-4-3-5-8-22)38-32-28-26(40)16-13-21(30(28)36-18-37-32)17-20-11-14-23(42-2)15-12-20/h3-16,18-19,21H,17H2,1-2H3,(H,36,37,38). The highest BCUT2D eigenvalue weighted by molar-refractivity contribution is 6.40. The van der Waals surface area contributed by atoms with Gasteiger partial charge in [-0.1, -0.05) is 71.7 Å². The van der Waals surface area contributed by atoms with Gasteiger partial charge in [-0.15, -0.1) is 0 Å². The Morgan fingerprint density at radius 1 is 0.976 bits per heavy atom. The Hall–Kier alpha value is -4.46. The number of nitrogens with zero attached hydrogens (tertiary/aromatic N) is 3. The monoisotopic (exact) mass is 596 g/mol. The van der Waals surface area contributed by atoms with Crippen molar-refractivity contribution in [2.24, 2.45) is 0 Å². The Labute approximate surface area is 252 Å². The molecule has 2 atom stereocenters. The number of halogens is 2. The molecule has 1 aliphatic carbocycles. The van der Waals surface area contributed by atoms with Crippen LogP contribution in [-0.4, -0.2) is 27.4 Å². The number of anilines is 1. The second kappa shape index (κ2) is 11.4. The third-order valence-corrected chi connectivity index (χ3v) is 8.19. The Morgan fingerprint density at radius 2 is 1.74 bits per heavy atom. The number of carbonyl (C=O) groups is 1. The number of para-hydroxylation sites is 1. The van der Waals surface area contributed by atoms with E-state index in [1.807, 2.05) is 67.6 Å². The average Bonchev–Trinajstić information content (AvgIpc) is 3.01. The van der Waals surface area contributed by atoms with Gasteiger partial charge in [0.15, 0.2) is 5.78 Å². The highest BCUT2D eigenvalue weighted by Crippen LogP contribution is 2.37. The Bertz CT molecular complexity index is 1900. The van der Waals surface area contributed by atoms with E-state index in [0.29, 0.717) is 55.7 Å². The summed E-state index contributed by atoms with van der Waals surface area (Å²) in [5.41, 5.74) is 2.99. The van der Waals surface area contributed by atoms with Gasteiger partial charge in [0.1, 0.15) is 17.9 Å². The van der Waals surface area contributed by atoms with E-state index in [4.69, 9.17) is 27.9 Å². The molecule has 0 spiro atoms. The zero-order chi connectivity index (χ0) is 29.4. The molecule has 42 heavy (non-hydrogen) atoms. The number of aromatic nitrogens is 3. The second-order valence-electron chi connectivity index (χ2n) is 10.1. The molecule has 9 heteroatoms. The van der Waals surface area contributed by atoms with E-state index in [0.717, 1.165) is 11.3 Å². The molecule has 0 saturated carbocycles. The molecule has 1 N–H and O–H groups in total. The number of methoxy groups -OCH3 is 1. The topological polar surface area (TPSA) is 86.1 Å². The largest absolute Gasteiger partial charge is 0.497 e. The highest BCUT2D eigenvalue weighted by Gasteiger charge is 2.29. The van der Waals surface area contributed by atoms with Crippen LogP contribution in [0.1, 0.15) is 46.2 Å². The van der Waals surface area contributed by atoms with Gasteiger partial charge in [-0.2, -0.15) is 0 Å². The first-order valence-electron chi connectivity index (χ1n) is 13.4. The zero-order valence-corrected chi connectivity index (χ0v) is 24.4. The SMILES string of the molecule is COc1ccc(CC2C=CC(=O)c3c(NC(C)c4c(Cl)c5cccc(Cl)c5c(=O)n4-c4ccccc4)ncnc32)cc1. The number of rotatable bonds is 7. The van der Waals surface area contributed by atoms with Crippen molar-refractivity contribution in [1.29, 1.82) is 0 Å². The van der Waals surface area contributed by atoms with Crippen LogP contribution >= 0.6 is 23.2 Å². The van der Waals surface area contributed by atoms with E-state index in [9.17, 15) is 9.59 Å². The minimum Gasteiger partial charge on any atom is -0.497 e. The molecular formula is C33H26Cl2N4O3. The summed E-state index contributed by atoms with van der Waals surface area (Å²) in [6, 6.07) is 21.8. The van der Waals surface area contributed by atoms with Crippen molar-refractivity contribution in [1.82, 2.24) is 14.5 Å². The number of hydrogen-bond acceptors (Lipinski definition) is 6. The molecular weight excluding hydrogens is 571 g/mol. The van der Waals surface area contributed by atoms with E-state index < -0.39 is 6.04 Å². The van der Waals surface area contributed by atoms with E-state index in [1.165, 1.54) is 6.33 Å². The van der Waals surface area contributed by atoms with Gasteiger partial charge >= 0.3 is 0 Å². The smallest absolute Gasteiger partial charge is 0.264 e. The van der Waals surface area contributed by atoms with Crippen molar-refractivity contribution < 1.29 is 9.53 Å². The molecule has 0 amide bonds. The van der Waals surface area contributed by atoms with E-state index >= 15 is 0 Å². The fourth-order valence-corrected chi connectivity index (χ4v) is 6.12. The number of ketones is 1. The van der Waals surface area contributed by atoms with Crippen LogP contribution in [0.25, 0.3) is 16.5 Å². The number of hydrogen-bond donors (Lipinski definition) is 1. The van der Waals surface area contributed by atoms with Gasteiger partial charge in [0.2, 0.25) is 0 Å². The molecule has 2 heterocycles. The summed E-state index contributed by atoms with van der Waals surface area (Å²) in [4.78, 5) is 36.1. The molecule has 7 nitrogen and oxygen atoms in total. The average molecular weight is 598 g/mol. The lowest BCUT2D eigenvalue weighted by Gasteiger charge is -2.25. The normalized spacial score (nSPS) is 15.0. The number of carbonyl (C=O) groups excluding carboxylic acids is 1. The Balaban J connectivity index is 1.43. The summed E-state index contributed by atoms with van der Waals surface area (Å²) < 4.78 is 6.84. The van der Waals surface area contributed by atoms with Crippen LogP contribution in [-0.2, 0) is 6.42 Å². The lowest BCUT2D eigenvalue weighted by molar-refractivity contribution is 0.104. The van der Waals surface area contributed by atoms with E-state index in [-0.39, 0.29) is 17.3 Å². The van der Waals surface area contributed by atoms with Crippen LogP contribution in [0.5, 0.6) is 5.75 Å². The van der Waals surface area contributed by atoms with Crippen molar-refractivity contribution in [2.45, 2.75) is 25.3 Å². The number of pyridine rings is 1. The molecule has 0 fully saturated rings. The maximum atomic E-state index is 13.9. The summed E-state index contributed by atoms with van der Waals surface area (Å²) >= 11 is 13.5. The quantitative estimate of drug-likeness (QED) is 0.211. The van der Waals surface area contributed by atoms with Crippen molar-refractivity contribution >= 4 is 45.6 Å². The number of nitrogens with one attached hydrogen (secondary N) is 1. The van der Waals surface area contributed by atoms with Crippen LogP contribution in [0.2, 0.25) is 10.0 Å². The highest BCUT2D eigenvalue weighted by atomic mass is 35.5. The fourth-order valence-electron chi connectivity index (χ4n) is 5.46. The first kappa shape index (κ1) is 27.7. The predicted octanol–water partition coefficient (Wildman–Crippen LogP) is 7.35. The van der Waals surface area contributed by atoms with Gasteiger partial charge in [-0.25, -0.2) is 9.97 Å². The number of allylic oxidation sites excluding steroid dienone is 2. The molecule has 0 radical (unpaired) electrons. The van der Waals surface area contributed by atoms with Crippen molar-refractivity contribution in [3.05, 3.63) is 134 Å². The first-order chi connectivity index (χ1) is 20.4.